The first-order valence-corrected chi connectivity index (χ1v) is 6.15. The summed E-state index contributed by atoms with van der Waals surface area (Å²) in [6, 6.07) is 5.38. The number of hydrogen-bond donors (Lipinski definition) is 1. The minimum Gasteiger partial charge on any atom is -0.493 e. The number of ether oxygens (including phenoxy) is 3. The molecule has 0 unspecified atom stereocenters. The van der Waals surface area contributed by atoms with Gasteiger partial charge < -0.3 is 19.3 Å². The molecule has 1 N–H and O–H groups in total. The topological polar surface area (TPSA) is 47.9 Å². The van der Waals surface area contributed by atoms with Gasteiger partial charge in [0.15, 0.2) is 11.5 Å². The van der Waals surface area contributed by atoms with Crippen molar-refractivity contribution in [2.45, 2.75) is 20.5 Å². The van der Waals surface area contributed by atoms with Crippen molar-refractivity contribution in [3.05, 3.63) is 23.8 Å². The number of methoxy groups -OCH3 is 1. The molecule has 0 aliphatic heterocycles. The Bertz CT molecular complexity index is 350. The van der Waals surface area contributed by atoms with E-state index >= 15 is 0 Å². The summed E-state index contributed by atoms with van der Waals surface area (Å²) in [6.07, 6.45) is 0. The van der Waals surface area contributed by atoms with Crippen molar-refractivity contribution in [3.63, 3.8) is 0 Å². The first-order valence-electron chi connectivity index (χ1n) is 6.15. The van der Waals surface area contributed by atoms with Gasteiger partial charge in [-0.2, -0.15) is 0 Å². The number of benzene rings is 1. The molecule has 1 aromatic rings. The van der Waals surface area contributed by atoms with Gasteiger partial charge >= 0.3 is 0 Å². The Balaban J connectivity index is 2.41. The molecule has 0 saturated carbocycles. The molecule has 4 nitrogen and oxygen atoms in total. The van der Waals surface area contributed by atoms with E-state index in [1.807, 2.05) is 6.07 Å². The van der Waals surface area contributed by atoms with Crippen LogP contribution in [-0.2, 0) is 11.3 Å². The van der Waals surface area contributed by atoms with E-state index in [1.165, 1.54) is 0 Å². The lowest BCUT2D eigenvalue weighted by Crippen LogP contribution is -2.10. The van der Waals surface area contributed by atoms with Gasteiger partial charge in [-0.25, -0.2) is 0 Å². The quantitative estimate of drug-likeness (QED) is 0.723. The highest BCUT2D eigenvalue weighted by molar-refractivity contribution is 5.42. The first kappa shape index (κ1) is 14.8. The van der Waals surface area contributed by atoms with Gasteiger partial charge in [0, 0.05) is 6.61 Å². The molecule has 0 bridgehead atoms. The third-order valence-corrected chi connectivity index (χ3v) is 2.35. The van der Waals surface area contributed by atoms with E-state index in [4.69, 9.17) is 19.3 Å². The van der Waals surface area contributed by atoms with Gasteiger partial charge in [0.2, 0.25) is 0 Å². The molecule has 0 aliphatic carbocycles. The van der Waals surface area contributed by atoms with Crippen molar-refractivity contribution in [1.82, 2.24) is 0 Å². The lowest BCUT2D eigenvalue weighted by atomic mass is 10.2. The van der Waals surface area contributed by atoms with E-state index in [1.54, 1.807) is 19.2 Å². The Hall–Kier alpha value is -1.26. The first-order chi connectivity index (χ1) is 8.67. The molecule has 18 heavy (non-hydrogen) atoms. The zero-order chi connectivity index (χ0) is 13.4. The molecule has 0 spiro atoms. The highest BCUT2D eigenvalue weighted by Crippen LogP contribution is 2.27. The minimum absolute atomic E-state index is 0.00581. The van der Waals surface area contributed by atoms with Crippen molar-refractivity contribution in [2.24, 2.45) is 5.92 Å². The molecule has 4 heteroatoms. The molecule has 1 rings (SSSR count). The fraction of sp³-hybridized carbons (Fsp3) is 0.571. The van der Waals surface area contributed by atoms with Crippen LogP contribution in [0, 0.1) is 5.92 Å². The van der Waals surface area contributed by atoms with E-state index in [9.17, 15) is 0 Å². The van der Waals surface area contributed by atoms with Crippen LogP contribution in [0.25, 0.3) is 0 Å². The largest absolute Gasteiger partial charge is 0.493 e. The zero-order valence-electron chi connectivity index (χ0n) is 11.3. The van der Waals surface area contributed by atoms with E-state index in [0.29, 0.717) is 30.6 Å². The summed E-state index contributed by atoms with van der Waals surface area (Å²) >= 11 is 0. The average Bonchev–Trinajstić information content (AvgIpc) is 2.38. The van der Waals surface area contributed by atoms with Crippen LogP contribution in [0.5, 0.6) is 11.5 Å². The van der Waals surface area contributed by atoms with Gasteiger partial charge in [-0.15, -0.1) is 0 Å². The fourth-order valence-electron chi connectivity index (χ4n) is 1.46. The lowest BCUT2D eigenvalue weighted by molar-refractivity contribution is 0.0810. The molecule has 0 heterocycles. The van der Waals surface area contributed by atoms with Gasteiger partial charge in [-0.1, -0.05) is 19.9 Å². The van der Waals surface area contributed by atoms with Gasteiger partial charge in [0.25, 0.3) is 0 Å². The Labute approximate surface area is 108 Å². The summed E-state index contributed by atoms with van der Waals surface area (Å²) in [5, 5.41) is 9.03. The number of aliphatic hydroxyl groups is 1. The number of aliphatic hydroxyl groups excluding tert-OH is 1. The zero-order valence-corrected chi connectivity index (χ0v) is 11.3. The third kappa shape index (κ3) is 4.94. The Morgan fingerprint density at radius 2 is 1.94 bits per heavy atom. The predicted octanol–water partition coefficient (Wildman–Crippen LogP) is 2.24. The fourth-order valence-corrected chi connectivity index (χ4v) is 1.46. The van der Waals surface area contributed by atoms with E-state index in [2.05, 4.69) is 13.8 Å². The van der Waals surface area contributed by atoms with Gasteiger partial charge in [-0.05, 0) is 23.6 Å². The summed E-state index contributed by atoms with van der Waals surface area (Å²) in [5.41, 5.74) is 0.801. The molecule has 0 atom stereocenters. The van der Waals surface area contributed by atoms with Crippen molar-refractivity contribution >= 4 is 0 Å². The van der Waals surface area contributed by atoms with Crippen molar-refractivity contribution in [3.8, 4) is 11.5 Å². The van der Waals surface area contributed by atoms with Crippen LogP contribution in [0.15, 0.2) is 18.2 Å². The summed E-state index contributed by atoms with van der Waals surface area (Å²) < 4.78 is 16.2. The van der Waals surface area contributed by atoms with E-state index in [-0.39, 0.29) is 6.61 Å². The molecule has 0 saturated heterocycles. The number of rotatable bonds is 8. The maximum atomic E-state index is 9.03. The van der Waals surface area contributed by atoms with Gasteiger partial charge in [-0.3, -0.25) is 0 Å². The molecular formula is C14H22O4. The van der Waals surface area contributed by atoms with Crippen LogP contribution in [0.4, 0.5) is 0 Å². The smallest absolute Gasteiger partial charge is 0.161 e. The normalized spacial score (nSPS) is 10.7. The second-order valence-electron chi connectivity index (χ2n) is 4.46. The molecule has 1 aromatic carbocycles. The van der Waals surface area contributed by atoms with Crippen LogP contribution < -0.4 is 9.47 Å². The molecule has 0 amide bonds. The van der Waals surface area contributed by atoms with Crippen molar-refractivity contribution < 1.29 is 19.3 Å². The van der Waals surface area contributed by atoms with E-state index in [0.717, 1.165) is 12.2 Å². The summed E-state index contributed by atoms with van der Waals surface area (Å²) in [7, 11) is 1.58. The second kappa shape index (κ2) is 7.95. The SMILES string of the molecule is COc1cc(CO)ccc1OCCOCC(C)C. The van der Waals surface area contributed by atoms with Crippen LogP contribution in [0.1, 0.15) is 19.4 Å². The molecule has 0 aliphatic rings. The average molecular weight is 254 g/mol. The Morgan fingerprint density at radius 1 is 1.17 bits per heavy atom. The van der Waals surface area contributed by atoms with Gasteiger partial charge in [0.1, 0.15) is 6.61 Å². The van der Waals surface area contributed by atoms with Crippen molar-refractivity contribution in [2.75, 3.05) is 26.9 Å². The summed E-state index contributed by atoms with van der Waals surface area (Å²) in [6.45, 7) is 6.00. The highest BCUT2D eigenvalue weighted by atomic mass is 16.5. The maximum Gasteiger partial charge on any atom is 0.161 e. The Morgan fingerprint density at radius 3 is 2.56 bits per heavy atom. The van der Waals surface area contributed by atoms with Gasteiger partial charge in [0.05, 0.1) is 20.3 Å². The van der Waals surface area contributed by atoms with Crippen LogP contribution in [0.2, 0.25) is 0 Å². The predicted molar refractivity (Wildman–Crippen MR) is 70.1 cm³/mol. The molecular weight excluding hydrogens is 232 g/mol. The molecule has 0 radical (unpaired) electrons. The van der Waals surface area contributed by atoms with E-state index < -0.39 is 0 Å². The van der Waals surface area contributed by atoms with Crippen LogP contribution >= 0.6 is 0 Å². The Kier molecular flexibility index (Phi) is 6.54. The molecule has 0 fully saturated rings. The number of hydrogen-bond acceptors (Lipinski definition) is 4. The minimum atomic E-state index is -0.00581. The maximum absolute atomic E-state index is 9.03. The lowest BCUT2D eigenvalue weighted by Gasteiger charge is -2.12. The second-order valence-corrected chi connectivity index (χ2v) is 4.46. The highest BCUT2D eigenvalue weighted by Gasteiger charge is 2.05. The van der Waals surface area contributed by atoms with Crippen molar-refractivity contribution in [1.29, 1.82) is 0 Å². The molecule has 0 aromatic heterocycles. The standard InChI is InChI=1S/C14H22O4/c1-11(2)10-17-6-7-18-13-5-4-12(9-15)8-14(13)16-3/h4-5,8,11,15H,6-7,9-10H2,1-3H3. The summed E-state index contributed by atoms with van der Waals surface area (Å²) in [5.74, 6) is 1.83. The summed E-state index contributed by atoms with van der Waals surface area (Å²) in [4.78, 5) is 0. The monoisotopic (exact) mass is 254 g/mol. The molecule has 102 valence electrons. The van der Waals surface area contributed by atoms with Crippen LogP contribution in [-0.4, -0.2) is 32.0 Å². The van der Waals surface area contributed by atoms with Crippen LogP contribution in [0.3, 0.4) is 0 Å². The third-order valence-electron chi connectivity index (χ3n) is 2.35.